The van der Waals surface area contributed by atoms with Gasteiger partial charge < -0.3 is 25.2 Å². The minimum absolute atomic E-state index is 0.118. The maximum absolute atomic E-state index is 14.2. The van der Waals surface area contributed by atoms with Crippen molar-refractivity contribution >= 4 is 35.0 Å². The number of hydrogen-bond acceptors (Lipinski definition) is 5. The molecule has 216 valence electrons. The van der Waals surface area contributed by atoms with Gasteiger partial charge in [0.25, 0.3) is 0 Å². The van der Waals surface area contributed by atoms with Crippen molar-refractivity contribution in [1.29, 1.82) is 0 Å². The number of amides is 3. The van der Waals surface area contributed by atoms with Gasteiger partial charge >= 0.3 is 0 Å². The zero-order valence-corrected chi connectivity index (χ0v) is 24.1. The minimum atomic E-state index is -1.13. The van der Waals surface area contributed by atoms with E-state index in [4.69, 9.17) is 16.3 Å². The number of benzene rings is 1. The largest absolute Gasteiger partial charge is 0.359 e. The molecule has 6 rings (SSSR count). The number of carbonyl (C=O) groups excluding carboxylic acids is 3. The molecule has 3 saturated heterocycles. The number of ether oxygens (including phenoxy) is 1. The molecule has 1 aliphatic carbocycles. The summed E-state index contributed by atoms with van der Waals surface area (Å²) in [6, 6.07) is 4.72. The Balaban J connectivity index is 1.26. The van der Waals surface area contributed by atoms with Crippen LogP contribution in [0, 0.1) is 18.8 Å². The lowest BCUT2D eigenvalue weighted by atomic mass is 9.74. The van der Waals surface area contributed by atoms with Gasteiger partial charge in [-0.2, -0.15) is 0 Å². The summed E-state index contributed by atoms with van der Waals surface area (Å²) in [6.07, 6.45) is 13.3. The number of fused-ring (bicyclic) bond motifs is 1. The smallest absolute Gasteiger partial charge is 0.246 e. The minimum Gasteiger partial charge on any atom is -0.359 e. The van der Waals surface area contributed by atoms with Gasteiger partial charge in [-0.1, -0.05) is 61.9 Å². The molecule has 1 saturated carbocycles. The van der Waals surface area contributed by atoms with E-state index in [2.05, 4.69) is 15.5 Å². The average molecular weight is 569 g/mol. The quantitative estimate of drug-likeness (QED) is 0.484. The van der Waals surface area contributed by atoms with E-state index in [0.717, 1.165) is 57.2 Å². The van der Waals surface area contributed by atoms with Crippen molar-refractivity contribution in [2.24, 2.45) is 11.8 Å². The van der Waals surface area contributed by atoms with Crippen molar-refractivity contribution in [3.63, 3.8) is 0 Å². The molecule has 9 heteroatoms. The fraction of sp³-hybridized carbons (Fsp3) is 0.645. The van der Waals surface area contributed by atoms with E-state index in [9.17, 15) is 14.4 Å². The zero-order chi connectivity index (χ0) is 27.9. The third kappa shape index (κ3) is 5.07. The van der Waals surface area contributed by atoms with E-state index in [0.29, 0.717) is 23.8 Å². The standard InChI is InChI=1S/C31H41ClN4O4/c1-20-11-12-22(19-23(20)32)34-28(37)25-24-13-14-31(40-24)26(25)30(39)36(18-17-35-15-7-2-3-8-16-35)27(31)29(38)33-21-9-5-4-6-10-21/h11-14,19,21,24-27H,2-10,15-18H2,1H3,(H,33,38)(H,34,37)/t24-,25+,26-,27-,31-/m0/s1. The molecule has 3 amide bonds. The number of nitrogens with zero attached hydrogens (tertiary/aromatic N) is 2. The van der Waals surface area contributed by atoms with Gasteiger partial charge in [-0.3, -0.25) is 14.4 Å². The van der Waals surface area contributed by atoms with Crippen LogP contribution in [0.15, 0.2) is 30.4 Å². The van der Waals surface area contributed by atoms with Crippen LogP contribution in [0.2, 0.25) is 5.02 Å². The Hall–Kier alpha value is -2.42. The van der Waals surface area contributed by atoms with Crippen molar-refractivity contribution in [2.45, 2.75) is 88.5 Å². The molecular weight excluding hydrogens is 528 g/mol. The summed E-state index contributed by atoms with van der Waals surface area (Å²) in [7, 11) is 0. The SMILES string of the molecule is Cc1ccc(NC(=O)[C@@H]2[C@@H]3C=C[C@]4(O3)[C@@H]2C(=O)N(CCN2CCCCCC2)[C@H]4C(=O)NC2CCCCC2)cc1Cl. The molecule has 5 aliphatic rings. The molecule has 1 aromatic rings. The summed E-state index contributed by atoms with van der Waals surface area (Å²) in [4.78, 5) is 46.0. The number of hydrogen-bond donors (Lipinski definition) is 2. The molecule has 5 atom stereocenters. The number of likely N-dealkylation sites (tertiary alicyclic amines) is 2. The average Bonchev–Trinajstić information content (AvgIpc) is 3.49. The molecule has 0 aromatic heterocycles. The second kappa shape index (κ2) is 11.5. The second-order valence-electron chi connectivity index (χ2n) is 12.3. The molecule has 4 heterocycles. The maximum Gasteiger partial charge on any atom is 0.246 e. The van der Waals surface area contributed by atoms with Crippen LogP contribution in [0.4, 0.5) is 5.69 Å². The van der Waals surface area contributed by atoms with E-state index in [-0.39, 0.29) is 23.8 Å². The molecule has 0 radical (unpaired) electrons. The first-order valence-electron chi connectivity index (χ1n) is 15.1. The first kappa shape index (κ1) is 27.7. The van der Waals surface area contributed by atoms with Crippen LogP contribution >= 0.6 is 11.6 Å². The molecule has 40 heavy (non-hydrogen) atoms. The molecule has 1 spiro atoms. The molecule has 4 fully saturated rings. The molecule has 2 N–H and O–H groups in total. The van der Waals surface area contributed by atoms with E-state index in [1.54, 1.807) is 11.0 Å². The number of nitrogens with one attached hydrogen (secondary N) is 2. The van der Waals surface area contributed by atoms with Gasteiger partial charge in [0.1, 0.15) is 11.6 Å². The summed E-state index contributed by atoms with van der Waals surface area (Å²) in [5, 5.41) is 6.80. The lowest BCUT2D eigenvalue weighted by Crippen LogP contribution is -2.57. The maximum atomic E-state index is 14.2. The molecule has 1 aromatic carbocycles. The van der Waals surface area contributed by atoms with Crippen molar-refractivity contribution in [1.82, 2.24) is 15.1 Å². The van der Waals surface area contributed by atoms with Crippen LogP contribution < -0.4 is 10.6 Å². The van der Waals surface area contributed by atoms with Gasteiger partial charge in [0.05, 0.1) is 17.9 Å². The van der Waals surface area contributed by atoms with Crippen LogP contribution in [0.25, 0.3) is 0 Å². The van der Waals surface area contributed by atoms with Crippen molar-refractivity contribution in [3.05, 3.63) is 40.9 Å². The molecular formula is C31H41ClN4O4. The van der Waals surface area contributed by atoms with Crippen LogP contribution in [-0.4, -0.2) is 77.5 Å². The van der Waals surface area contributed by atoms with E-state index >= 15 is 0 Å². The molecule has 0 unspecified atom stereocenters. The van der Waals surface area contributed by atoms with Crippen LogP contribution in [-0.2, 0) is 19.1 Å². The molecule has 2 bridgehead atoms. The summed E-state index contributed by atoms with van der Waals surface area (Å²) >= 11 is 6.30. The fourth-order valence-electron chi connectivity index (χ4n) is 7.54. The highest BCUT2D eigenvalue weighted by Crippen LogP contribution is 2.55. The first-order chi connectivity index (χ1) is 19.4. The monoisotopic (exact) mass is 568 g/mol. The van der Waals surface area contributed by atoms with Gasteiger partial charge in [0.15, 0.2) is 0 Å². The van der Waals surface area contributed by atoms with E-state index in [1.165, 1.54) is 19.3 Å². The highest BCUT2D eigenvalue weighted by molar-refractivity contribution is 6.31. The van der Waals surface area contributed by atoms with E-state index < -0.39 is 29.6 Å². The van der Waals surface area contributed by atoms with Crippen molar-refractivity contribution in [2.75, 3.05) is 31.5 Å². The fourth-order valence-corrected chi connectivity index (χ4v) is 7.72. The Labute approximate surface area is 241 Å². The summed E-state index contributed by atoms with van der Waals surface area (Å²) in [5.41, 5.74) is 0.366. The van der Waals surface area contributed by atoms with Gasteiger partial charge in [-0.05, 0) is 63.4 Å². The van der Waals surface area contributed by atoms with Gasteiger partial charge in [-0.25, -0.2) is 0 Å². The highest BCUT2D eigenvalue weighted by Gasteiger charge is 2.72. The van der Waals surface area contributed by atoms with Crippen molar-refractivity contribution in [3.8, 4) is 0 Å². The second-order valence-corrected chi connectivity index (χ2v) is 12.7. The number of rotatable bonds is 7. The number of carbonyl (C=O) groups is 3. The predicted octanol–water partition coefficient (Wildman–Crippen LogP) is 4.06. The number of anilines is 1. The van der Waals surface area contributed by atoms with Gasteiger partial charge in [-0.15, -0.1) is 0 Å². The van der Waals surface area contributed by atoms with E-state index in [1.807, 2.05) is 31.2 Å². The predicted molar refractivity (Wildman–Crippen MR) is 154 cm³/mol. The Morgan fingerprint density at radius 1 is 1.02 bits per heavy atom. The number of halogens is 1. The summed E-state index contributed by atoms with van der Waals surface area (Å²) in [5.74, 6) is -2.06. The van der Waals surface area contributed by atoms with Gasteiger partial charge in [0, 0.05) is 29.8 Å². The lowest BCUT2D eigenvalue weighted by molar-refractivity contribution is -0.141. The Morgan fingerprint density at radius 2 is 1.75 bits per heavy atom. The zero-order valence-electron chi connectivity index (χ0n) is 23.4. The summed E-state index contributed by atoms with van der Waals surface area (Å²) < 4.78 is 6.50. The third-order valence-corrected chi connectivity index (χ3v) is 10.1. The van der Waals surface area contributed by atoms with Crippen LogP contribution in [0.3, 0.4) is 0 Å². The Morgan fingerprint density at radius 3 is 2.48 bits per heavy atom. The van der Waals surface area contributed by atoms with Crippen LogP contribution in [0.1, 0.15) is 63.4 Å². The Kier molecular flexibility index (Phi) is 7.94. The molecule has 4 aliphatic heterocycles. The lowest BCUT2D eigenvalue weighted by Gasteiger charge is -2.35. The van der Waals surface area contributed by atoms with Crippen molar-refractivity contribution < 1.29 is 19.1 Å². The highest BCUT2D eigenvalue weighted by atomic mass is 35.5. The number of aryl methyl sites for hydroxylation is 1. The Bertz CT molecular complexity index is 1180. The first-order valence-corrected chi connectivity index (χ1v) is 15.5. The van der Waals surface area contributed by atoms with Gasteiger partial charge in [0.2, 0.25) is 17.7 Å². The normalized spacial score (nSPS) is 32.2. The topological polar surface area (TPSA) is 91.0 Å². The van der Waals surface area contributed by atoms with Crippen LogP contribution in [0.5, 0.6) is 0 Å². The summed E-state index contributed by atoms with van der Waals surface area (Å²) in [6.45, 7) is 5.09. The molecule has 8 nitrogen and oxygen atoms in total. The third-order valence-electron chi connectivity index (χ3n) is 9.67.